The van der Waals surface area contributed by atoms with E-state index in [1.165, 1.54) is 11.1 Å². The van der Waals surface area contributed by atoms with Crippen LogP contribution in [0.25, 0.3) is 11.1 Å². The minimum Gasteiger partial charge on any atom is -0.331 e. The third-order valence-electron chi connectivity index (χ3n) is 4.59. The Morgan fingerprint density at radius 1 is 0.920 bits per heavy atom. The molecule has 2 aromatic carbocycles. The molecule has 1 aliphatic rings. The van der Waals surface area contributed by atoms with Gasteiger partial charge in [-0.3, -0.25) is 4.98 Å². The Kier molecular flexibility index (Phi) is 4.17. The summed E-state index contributed by atoms with van der Waals surface area (Å²) >= 11 is 0. The second-order valence-corrected chi connectivity index (χ2v) is 6.20. The Hall–Kier alpha value is -3.14. The van der Waals surface area contributed by atoms with Gasteiger partial charge in [-0.1, -0.05) is 36.4 Å². The van der Waals surface area contributed by atoms with Crippen LogP contribution in [-0.2, 0) is 6.42 Å². The standard InChI is InChI=1S/C21H19N3O/c25-21(24-20-10-7-17-3-1-2-4-19(17)20)23-18-8-5-15(6-9-18)16-11-13-22-14-12-16/h1-6,8-9,11-14,20H,7,10H2,(H2,23,24,25)/t20-/m1/s1. The van der Waals surface area contributed by atoms with E-state index in [1.807, 2.05) is 48.5 Å². The fourth-order valence-electron chi connectivity index (χ4n) is 3.32. The SMILES string of the molecule is O=C(Nc1ccc(-c2ccncc2)cc1)N[C@@H]1CCc2ccccc21. The van der Waals surface area contributed by atoms with Crippen molar-refractivity contribution in [3.63, 3.8) is 0 Å². The first-order valence-corrected chi connectivity index (χ1v) is 8.45. The van der Waals surface area contributed by atoms with Crippen LogP contribution in [0.4, 0.5) is 10.5 Å². The number of amides is 2. The van der Waals surface area contributed by atoms with Gasteiger partial charge in [0.1, 0.15) is 0 Å². The second kappa shape index (κ2) is 6.77. The molecule has 3 aromatic rings. The summed E-state index contributed by atoms with van der Waals surface area (Å²) in [6.07, 6.45) is 5.51. The van der Waals surface area contributed by atoms with Crippen LogP contribution in [0.15, 0.2) is 73.1 Å². The number of aromatic nitrogens is 1. The van der Waals surface area contributed by atoms with Crippen LogP contribution in [-0.4, -0.2) is 11.0 Å². The number of pyridine rings is 1. The first kappa shape index (κ1) is 15.4. The summed E-state index contributed by atoms with van der Waals surface area (Å²) in [5, 5.41) is 5.99. The average Bonchev–Trinajstić information content (AvgIpc) is 3.06. The quantitative estimate of drug-likeness (QED) is 0.740. The molecule has 1 aromatic heterocycles. The van der Waals surface area contributed by atoms with Gasteiger partial charge in [0, 0.05) is 18.1 Å². The summed E-state index contributed by atoms with van der Waals surface area (Å²) in [6, 6.07) is 20.0. The van der Waals surface area contributed by atoms with E-state index in [0.29, 0.717) is 0 Å². The van der Waals surface area contributed by atoms with Gasteiger partial charge in [-0.15, -0.1) is 0 Å². The van der Waals surface area contributed by atoms with E-state index in [0.717, 1.165) is 29.7 Å². The zero-order valence-corrected chi connectivity index (χ0v) is 13.8. The Morgan fingerprint density at radius 3 is 2.44 bits per heavy atom. The summed E-state index contributed by atoms with van der Waals surface area (Å²) in [7, 11) is 0. The van der Waals surface area contributed by atoms with Crippen molar-refractivity contribution in [2.75, 3.05) is 5.32 Å². The normalized spacial score (nSPS) is 15.4. The van der Waals surface area contributed by atoms with Crippen LogP contribution in [0, 0.1) is 0 Å². The van der Waals surface area contributed by atoms with Crippen molar-refractivity contribution < 1.29 is 4.79 Å². The van der Waals surface area contributed by atoms with E-state index < -0.39 is 0 Å². The number of nitrogens with zero attached hydrogens (tertiary/aromatic N) is 1. The summed E-state index contributed by atoms with van der Waals surface area (Å²) in [6.45, 7) is 0. The van der Waals surface area contributed by atoms with Gasteiger partial charge in [0.15, 0.2) is 0 Å². The van der Waals surface area contributed by atoms with E-state index >= 15 is 0 Å². The van der Waals surface area contributed by atoms with Crippen LogP contribution in [0.1, 0.15) is 23.6 Å². The maximum atomic E-state index is 12.3. The highest BCUT2D eigenvalue weighted by Crippen LogP contribution is 2.30. The molecule has 25 heavy (non-hydrogen) atoms. The molecule has 0 spiro atoms. The molecule has 1 atom stereocenters. The van der Waals surface area contributed by atoms with Crippen molar-refractivity contribution in [3.05, 3.63) is 84.2 Å². The molecule has 0 unspecified atom stereocenters. The minimum atomic E-state index is -0.168. The lowest BCUT2D eigenvalue weighted by molar-refractivity contribution is 0.248. The number of nitrogens with one attached hydrogen (secondary N) is 2. The number of benzene rings is 2. The number of hydrogen-bond donors (Lipinski definition) is 2. The maximum Gasteiger partial charge on any atom is 0.319 e. The van der Waals surface area contributed by atoms with Crippen molar-refractivity contribution in [1.82, 2.24) is 10.3 Å². The molecule has 1 heterocycles. The van der Waals surface area contributed by atoms with Gasteiger partial charge in [0.05, 0.1) is 6.04 Å². The zero-order chi connectivity index (χ0) is 17.1. The molecule has 0 bridgehead atoms. The Bertz CT molecular complexity index is 875. The van der Waals surface area contributed by atoms with Gasteiger partial charge in [-0.05, 0) is 59.4 Å². The average molecular weight is 329 g/mol. The molecule has 4 nitrogen and oxygen atoms in total. The first-order chi connectivity index (χ1) is 12.3. The summed E-state index contributed by atoms with van der Waals surface area (Å²) in [5.74, 6) is 0. The van der Waals surface area contributed by atoms with Crippen molar-refractivity contribution in [2.24, 2.45) is 0 Å². The predicted molar refractivity (Wildman–Crippen MR) is 99.3 cm³/mol. The van der Waals surface area contributed by atoms with Crippen molar-refractivity contribution in [3.8, 4) is 11.1 Å². The topological polar surface area (TPSA) is 54.0 Å². The Balaban J connectivity index is 1.40. The molecule has 2 N–H and O–H groups in total. The predicted octanol–water partition coefficient (Wildman–Crippen LogP) is 4.56. The highest BCUT2D eigenvalue weighted by Gasteiger charge is 2.23. The van der Waals surface area contributed by atoms with Gasteiger partial charge >= 0.3 is 6.03 Å². The van der Waals surface area contributed by atoms with Gasteiger partial charge < -0.3 is 10.6 Å². The van der Waals surface area contributed by atoms with Gasteiger partial charge in [-0.25, -0.2) is 4.79 Å². The van der Waals surface area contributed by atoms with Crippen molar-refractivity contribution >= 4 is 11.7 Å². The molecule has 0 fully saturated rings. The van der Waals surface area contributed by atoms with E-state index in [4.69, 9.17) is 0 Å². The fraction of sp³-hybridized carbons (Fsp3) is 0.143. The molecule has 124 valence electrons. The molecule has 1 aliphatic carbocycles. The van der Waals surface area contributed by atoms with E-state index in [2.05, 4.69) is 27.8 Å². The number of carbonyl (C=O) groups is 1. The number of aryl methyl sites for hydroxylation is 1. The molecule has 0 aliphatic heterocycles. The molecule has 0 saturated carbocycles. The summed E-state index contributed by atoms with van der Waals surface area (Å²) in [5.41, 5.74) is 5.54. The number of fused-ring (bicyclic) bond motifs is 1. The highest BCUT2D eigenvalue weighted by molar-refractivity contribution is 5.90. The van der Waals surface area contributed by atoms with Crippen LogP contribution in [0.5, 0.6) is 0 Å². The minimum absolute atomic E-state index is 0.0901. The first-order valence-electron chi connectivity index (χ1n) is 8.45. The van der Waals surface area contributed by atoms with Gasteiger partial charge in [0.25, 0.3) is 0 Å². The van der Waals surface area contributed by atoms with E-state index in [9.17, 15) is 4.79 Å². The molecule has 2 amide bonds. The molecule has 4 rings (SSSR count). The summed E-state index contributed by atoms with van der Waals surface area (Å²) in [4.78, 5) is 16.3. The molecule has 0 saturated heterocycles. The lowest BCUT2D eigenvalue weighted by Crippen LogP contribution is -2.31. The lowest BCUT2D eigenvalue weighted by atomic mass is 10.1. The number of anilines is 1. The molecular formula is C21H19N3O. The Labute approximate surface area is 146 Å². The van der Waals surface area contributed by atoms with Crippen molar-refractivity contribution in [1.29, 1.82) is 0 Å². The van der Waals surface area contributed by atoms with Crippen molar-refractivity contribution in [2.45, 2.75) is 18.9 Å². The zero-order valence-electron chi connectivity index (χ0n) is 13.8. The number of hydrogen-bond acceptors (Lipinski definition) is 2. The van der Waals surface area contributed by atoms with Crippen LogP contribution in [0.2, 0.25) is 0 Å². The van der Waals surface area contributed by atoms with Gasteiger partial charge in [0.2, 0.25) is 0 Å². The number of carbonyl (C=O) groups excluding carboxylic acids is 1. The fourth-order valence-corrected chi connectivity index (χ4v) is 3.32. The van der Waals surface area contributed by atoms with E-state index in [1.54, 1.807) is 12.4 Å². The Morgan fingerprint density at radius 2 is 1.64 bits per heavy atom. The lowest BCUT2D eigenvalue weighted by Gasteiger charge is -2.15. The van der Waals surface area contributed by atoms with E-state index in [-0.39, 0.29) is 12.1 Å². The largest absolute Gasteiger partial charge is 0.331 e. The molecule has 4 heteroatoms. The van der Waals surface area contributed by atoms with Crippen LogP contribution in [0.3, 0.4) is 0 Å². The molecule has 0 radical (unpaired) electrons. The molecular weight excluding hydrogens is 310 g/mol. The highest BCUT2D eigenvalue weighted by atomic mass is 16.2. The number of rotatable bonds is 3. The third kappa shape index (κ3) is 3.38. The number of urea groups is 1. The smallest absolute Gasteiger partial charge is 0.319 e. The van der Waals surface area contributed by atoms with Crippen LogP contribution < -0.4 is 10.6 Å². The monoisotopic (exact) mass is 329 g/mol. The summed E-state index contributed by atoms with van der Waals surface area (Å²) < 4.78 is 0. The second-order valence-electron chi connectivity index (χ2n) is 6.20. The third-order valence-corrected chi connectivity index (χ3v) is 4.59. The van der Waals surface area contributed by atoms with Crippen LogP contribution >= 0.6 is 0 Å². The maximum absolute atomic E-state index is 12.3. The van der Waals surface area contributed by atoms with Gasteiger partial charge in [-0.2, -0.15) is 0 Å².